The van der Waals surface area contributed by atoms with E-state index in [0.29, 0.717) is 33.6 Å². The Bertz CT molecular complexity index is 1090. The van der Waals surface area contributed by atoms with Crippen LogP contribution in [0.4, 0.5) is 22.7 Å². The zero-order valence-electron chi connectivity index (χ0n) is 17.0. The molecule has 0 radical (unpaired) electrons. The molecule has 2 aromatic rings. The van der Waals surface area contributed by atoms with E-state index >= 15 is 0 Å². The van der Waals surface area contributed by atoms with Crippen LogP contribution in [0.15, 0.2) is 45.0 Å². The van der Waals surface area contributed by atoms with Gasteiger partial charge < -0.3 is 10.2 Å². The second kappa shape index (κ2) is 13.5. The number of aryl methyl sites for hydroxylation is 1. The minimum atomic E-state index is -0.263. The molecule has 1 amide bonds. The largest absolute Gasteiger partial charge is 0.324 e. The molecule has 32 heavy (non-hydrogen) atoms. The molecule has 168 valence electrons. The standard InChI is InChI=1S/C20H19BrN6O3S.CH4/c1-4-27(7-8-31-30-29-23)16-5-6-18(19(11-16)24-14(3)28)25-26-20-15(12-22)9-13(2)10-17(20)21;/h5-6,9-11H,4,23H2,1-3H3,(H,24,28);1H4. The van der Waals surface area contributed by atoms with Gasteiger partial charge >= 0.3 is 0 Å². The van der Waals surface area contributed by atoms with E-state index in [1.54, 1.807) is 29.2 Å². The summed E-state index contributed by atoms with van der Waals surface area (Å²) in [6.07, 6.45) is 0. The van der Waals surface area contributed by atoms with Crippen molar-refractivity contribution in [3.63, 3.8) is 0 Å². The van der Waals surface area contributed by atoms with Crippen LogP contribution in [0.2, 0.25) is 0 Å². The van der Waals surface area contributed by atoms with Crippen molar-refractivity contribution < 1.29 is 14.1 Å². The van der Waals surface area contributed by atoms with Crippen molar-refractivity contribution in [2.45, 2.75) is 28.2 Å². The second-order valence-electron chi connectivity index (χ2n) is 6.04. The zero-order chi connectivity index (χ0) is 22.8. The molecule has 2 aromatic carbocycles. The number of nitriles is 1. The number of rotatable bonds is 7. The van der Waals surface area contributed by atoms with E-state index in [2.05, 4.69) is 58.2 Å². The summed E-state index contributed by atoms with van der Waals surface area (Å²) in [5, 5.41) is 23.3. The van der Waals surface area contributed by atoms with Crippen LogP contribution in [0.25, 0.3) is 0 Å². The van der Waals surface area contributed by atoms with Gasteiger partial charge in [-0.2, -0.15) is 11.2 Å². The van der Waals surface area contributed by atoms with E-state index in [1.807, 2.05) is 19.9 Å². The number of benzene rings is 2. The van der Waals surface area contributed by atoms with Gasteiger partial charge in [-0.3, -0.25) is 4.79 Å². The molecule has 0 aliphatic rings. The van der Waals surface area contributed by atoms with Gasteiger partial charge in [-0.05, 0) is 65.7 Å². The molecule has 0 bridgehead atoms. The summed E-state index contributed by atoms with van der Waals surface area (Å²) < 4.78 is 5.10. The lowest BCUT2D eigenvalue weighted by atomic mass is 10.1. The number of azo groups is 1. The third-order valence-electron chi connectivity index (χ3n) is 3.80. The Morgan fingerprint density at radius 3 is 2.72 bits per heavy atom. The Morgan fingerprint density at radius 2 is 2.09 bits per heavy atom. The smallest absolute Gasteiger partial charge is 0.221 e. The summed E-state index contributed by atoms with van der Waals surface area (Å²) in [5.41, 5.74) is 3.32. The number of carbonyl (C=O) groups excluding carboxylic acids is 1. The molecule has 0 aliphatic carbocycles. The van der Waals surface area contributed by atoms with Gasteiger partial charge in [0.05, 0.1) is 16.9 Å². The van der Waals surface area contributed by atoms with Crippen molar-refractivity contribution in [2.24, 2.45) is 16.1 Å². The summed E-state index contributed by atoms with van der Waals surface area (Å²) in [7, 11) is 0. The Kier molecular flexibility index (Phi) is 11.4. The van der Waals surface area contributed by atoms with Gasteiger partial charge in [0, 0.05) is 29.2 Å². The average Bonchev–Trinajstić information content (AvgIpc) is 2.73. The molecule has 2 rings (SSSR count). The molecule has 0 fully saturated rings. The van der Waals surface area contributed by atoms with Gasteiger partial charge in [-0.25, -0.2) is 0 Å². The van der Waals surface area contributed by atoms with Crippen molar-refractivity contribution in [1.82, 2.24) is 0 Å². The fraction of sp³-hybridized carbons (Fsp3) is 0.238. The first kappa shape index (κ1) is 27.1. The fourth-order valence-electron chi connectivity index (χ4n) is 2.53. The van der Waals surface area contributed by atoms with Crippen LogP contribution in [0.3, 0.4) is 0 Å². The highest BCUT2D eigenvalue weighted by Gasteiger charge is 2.11. The molecule has 3 N–H and O–H groups in total. The molecule has 0 heterocycles. The first-order valence-corrected chi connectivity index (χ1v) is 10.4. The molecular weight excluding hydrogens is 496 g/mol. The molecule has 9 nitrogen and oxygen atoms in total. The van der Waals surface area contributed by atoms with Crippen LogP contribution in [-0.2, 0) is 14.1 Å². The number of hydrogen-bond donors (Lipinski definition) is 2. The van der Waals surface area contributed by atoms with Crippen molar-refractivity contribution >= 4 is 56.6 Å². The van der Waals surface area contributed by atoms with Crippen molar-refractivity contribution in [1.29, 1.82) is 5.26 Å². The van der Waals surface area contributed by atoms with E-state index in [0.717, 1.165) is 23.3 Å². The van der Waals surface area contributed by atoms with E-state index in [-0.39, 0.29) is 13.3 Å². The Morgan fingerprint density at radius 1 is 1.34 bits per heavy atom. The molecule has 0 aliphatic heterocycles. The minimum absolute atomic E-state index is 0. The molecular formula is C21H23BrN6O3S. The summed E-state index contributed by atoms with van der Waals surface area (Å²) in [5.74, 6) is 4.51. The maximum absolute atomic E-state index is 11.7. The maximum atomic E-state index is 11.7. The van der Waals surface area contributed by atoms with Crippen molar-refractivity contribution in [2.75, 3.05) is 16.8 Å². The highest BCUT2D eigenvalue weighted by Crippen LogP contribution is 2.35. The van der Waals surface area contributed by atoms with Gasteiger partial charge in [0.2, 0.25) is 5.91 Å². The number of hydrogen-bond acceptors (Lipinski definition) is 9. The number of nitrogens with zero attached hydrogens (tertiary/aromatic N) is 4. The number of amides is 1. The first-order chi connectivity index (χ1) is 14.9. The minimum Gasteiger partial charge on any atom is -0.324 e. The van der Waals surface area contributed by atoms with E-state index in [1.165, 1.54) is 6.92 Å². The van der Waals surface area contributed by atoms with Crippen LogP contribution in [0.1, 0.15) is 32.4 Å². The number of nitrogens with two attached hydrogens (primary N) is 1. The number of halogens is 1. The monoisotopic (exact) mass is 518 g/mol. The number of anilines is 2. The van der Waals surface area contributed by atoms with E-state index in [9.17, 15) is 10.1 Å². The fourth-order valence-corrected chi connectivity index (χ4v) is 3.41. The summed E-state index contributed by atoms with van der Waals surface area (Å²) in [4.78, 5) is 17.4. The second-order valence-corrected chi connectivity index (χ2v) is 7.40. The lowest BCUT2D eigenvalue weighted by Crippen LogP contribution is -2.16. The van der Waals surface area contributed by atoms with Gasteiger partial charge in [-0.1, -0.05) is 7.43 Å². The molecule has 11 heteroatoms. The Balaban J connectivity index is 0.00000512. The predicted octanol–water partition coefficient (Wildman–Crippen LogP) is 5.85. The van der Waals surface area contributed by atoms with Crippen molar-refractivity contribution in [3.8, 4) is 17.4 Å². The number of nitrogens with one attached hydrogen (secondary N) is 1. The third-order valence-corrected chi connectivity index (χ3v) is 4.73. The lowest BCUT2D eigenvalue weighted by molar-refractivity contribution is -0.194. The lowest BCUT2D eigenvalue weighted by Gasteiger charge is -2.17. The highest BCUT2D eigenvalue weighted by molar-refractivity contribution is 9.10. The SMILES string of the molecule is C.CCN(C#CSOON)c1ccc(N=Nc2c(Br)cc(C)cc2C#N)c(NC(C)=O)c1. The molecule has 0 saturated heterocycles. The van der Waals surface area contributed by atoms with Gasteiger partial charge in [0.1, 0.15) is 29.5 Å². The van der Waals surface area contributed by atoms with Gasteiger partial charge in [-0.15, -0.1) is 19.6 Å². The van der Waals surface area contributed by atoms with Gasteiger partial charge in [0.25, 0.3) is 0 Å². The summed E-state index contributed by atoms with van der Waals surface area (Å²) in [6, 6.07) is 13.8. The Hall–Kier alpha value is -2.93. The molecule has 0 saturated carbocycles. The average molecular weight is 519 g/mol. The van der Waals surface area contributed by atoms with E-state index in [4.69, 9.17) is 5.90 Å². The number of carbonyl (C=O) groups is 1. The summed E-state index contributed by atoms with van der Waals surface area (Å²) in [6.45, 7) is 5.77. The normalized spacial score (nSPS) is 10.0. The molecule has 0 atom stereocenters. The molecule has 0 spiro atoms. The third kappa shape index (κ3) is 7.64. The quantitative estimate of drug-likeness (QED) is 0.0894. The molecule has 0 unspecified atom stereocenters. The van der Waals surface area contributed by atoms with Crippen LogP contribution in [0, 0.1) is 29.6 Å². The van der Waals surface area contributed by atoms with Crippen LogP contribution >= 0.6 is 28.0 Å². The van der Waals surface area contributed by atoms with Crippen LogP contribution in [0.5, 0.6) is 0 Å². The first-order valence-electron chi connectivity index (χ1n) is 8.90. The van der Waals surface area contributed by atoms with Crippen molar-refractivity contribution in [3.05, 3.63) is 45.9 Å². The predicted molar refractivity (Wildman–Crippen MR) is 130 cm³/mol. The van der Waals surface area contributed by atoms with Crippen LogP contribution < -0.4 is 16.1 Å². The van der Waals surface area contributed by atoms with Crippen LogP contribution in [-0.4, -0.2) is 12.5 Å². The topological polar surface area (TPSA) is 125 Å². The van der Waals surface area contributed by atoms with Gasteiger partial charge in [0.15, 0.2) is 0 Å². The Labute approximate surface area is 200 Å². The maximum Gasteiger partial charge on any atom is 0.221 e. The highest BCUT2D eigenvalue weighted by atomic mass is 79.9. The molecule has 0 aromatic heterocycles. The van der Waals surface area contributed by atoms with E-state index < -0.39 is 0 Å². The zero-order valence-corrected chi connectivity index (χ0v) is 19.4. The summed E-state index contributed by atoms with van der Waals surface area (Å²) >= 11 is 4.16.